The van der Waals surface area contributed by atoms with Crippen molar-refractivity contribution in [1.82, 2.24) is 14.5 Å². The first-order valence-corrected chi connectivity index (χ1v) is 7.22. The van der Waals surface area contributed by atoms with E-state index in [1.165, 1.54) is 16.3 Å². The van der Waals surface area contributed by atoms with Gasteiger partial charge in [-0.15, -0.1) is 0 Å². The molecule has 2 aromatic heterocycles. The number of nitrogens with one attached hydrogen (secondary N) is 1. The highest BCUT2D eigenvalue weighted by atomic mass is 32.2. The van der Waals surface area contributed by atoms with Gasteiger partial charge in [0.05, 0.1) is 24.8 Å². The molecular formula is C12H16N4O3S. The maximum absolute atomic E-state index is 12.2. The molecule has 20 heavy (non-hydrogen) atoms. The van der Waals surface area contributed by atoms with Crippen LogP contribution < -0.4 is 10.9 Å². The minimum atomic E-state index is -0.576. The summed E-state index contributed by atoms with van der Waals surface area (Å²) in [6.45, 7) is -0.520. The van der Waals surface area contributed by atoms with E-state index in [0.717, 1.165) is 0 Å². The molecule has 0 amide bonds. The van der Waals surface area contributed by atoms with Crippen LogP contribution in [0.15, 0.2) is 22.2 Å². The van der Waals surface area contributed by atoms with Gasteiger partial charge in [-0.3, -0.25) is 4.79 Å². The molecule has 0 saturated carbocycles. The standard InChI is InChI=1S/C12H16N4O3S/c1-16-4-3-8-9(11(16)19)10(13-7(5-17)6-18)15-12(14-8)20-2/h3-4,7,17-18H,5-6H2,1-2H3,(H,13,14,15). The minimum absolute atomic E-state index is 0.229. The summed E-state index contributed by atoms with van der Waals surface area (Å²) in [5.41, 5.74) is 0.303. The van der Waals surface area contributed by atoms with Crippen molar-refractivity contribution in [3.05, 3.63) is 22.6 Å². The molecule has 3 N–H and O–H groups in total. The van der Waals surface area contributed by atoms with Gasteiger partial charge in [-0.2, -0.15) is 0 Å². The van der Waals surface area contributed by atoms with Crippen molar-refractivity contribution in [2.45, 2.75) is 11.2 Å². The number of rotatable bonds is 5. The van der Waals surface area contributed by atoms with E-state index in [-0.39, 0.29) is 18.8 Å². The molecule has 2 aromatic rings. The van der Waals surface area contributed by atoms with Gasteiger partial charge in [-0.05, 0) is 12.3 Å². The van der Waals surface area contributed by atoms with E-state index in [1.807, 2.05) is 6.26 Å². The SMILES string of the molecule is CSc1nc(NC(CO)CO)c2c(=O)n(C)ccc2n1. The Morgan fingerprint density at radius 1 is 1.40 bits per heavy atom. The van der Waals surface area contributed by atoms with Crippen LogP contribution in [0.2, 0.25) is 0 Å². The molecular weight excluding hydrogens is 280 g/mol. The Kier molecular flexibility index (Phi) is 4.58. The second-order valence-corrected chi connectivity index (χ2v) is 5.03. The number of aromatic nitrogens is 3. The Labute approximate surface area is 119 Å². The molecule has 108 valence electrons. The van der Waals surface area contributed by atoms with Gasteiger partial charge in [-0.25, -0.2) is 9.97 Å². The van der Waals surface area contributed by atoms with Crippen molar-refractivity contribution >= 4 is 28.5 Å². The van der Waals surface area contributed by atoms with Crippen LogP contribution in [0.1, 0.15) is 0 Å². The molecule has 0 aliphatic heterocycles. The minimum Gasteiger partial charge on any atom is -0.394 e. The van der Waals surface area contributed by atoms with Gasteiger partial charge in [0.25, 0.3) is 5.56 Å². The zero-order chi connectivity index (χ0) is 14.7. The Bertz CT molecular complexity index is 670. The lowest BCUT2D eigenvalue weighted by molar-refractivity contribution is 0.203. The highest BCUT2D eigenvalue weighted by Gasteiger charge is 2.15. The molecule has 2 heterocycles. The zero-order valence-corrected chi connectivity index (χ0v) is 12.0. The van der Waals surface area contributed by atoms with Gasteiger partial charge in [0.15, 0.2) is 5.16 Å². The van der Waals surface area contributed by atoms with Gasteiger partial charge in [-0.1, -0.05) is 11.8 Å². The lowest BCUT2D eigenvalue weighted by Crippen LogP contribution is -2.29. The number of thioether (sulfide) groups is 1. The summed E-state index contributed by atoms with van der Waals surface area (Å²) in [4.78, 5) is 20.8. The van der Waals surface area contributed by atoms with Gasteiger partial charge >= 0.3 is 0 Å². The predicted molar refractivity (Wildman–Crippen MR) is 78.1 cm³/mol. The van der Waals surface area contributed by atoms with Crippen LogP contribution in [0.5, 0.6) is 0 Å². The molecule has 0 fully saturated rings. The van der Waals surface area contributed by atoms with Crippen LogP contribution in [-0.4, -0.2) is 50.3 Å². The Morgan fingerprint density at radius 3 is 2.70 bits per heavy atom. The summed E-state index contributed by atoms with van der Waals surface area (Å²) in [6, 6.07) is 1.16. The van der Waals surface area contributed by atoms with E-state index in [9.17, 15) is 4.79 Å². The van der Waals surface area contributed by atoms with Crippen molar-refractivity contribution in [2.24, 2.45) is 7.05 Å². The predicted octanol–water partition coefficient (Wildman–Crippen LogP) is -0.185. The molecule has 2 rings (SSSR count). The zero-order valence-electron chi connectivity index (χ0n) is 11.2. The largest absolute Gasteiger partial charge is 0.394 e. The molecule has 8 heteroatoms. The summed E-state index contributed by atoms with van der Waals surface area (Å²) < 4.78 is 1.43. The molecule has 0 unspecified atom stereocenters. The molecule has 0 radical (unpaired) electrons. The number of aliphatic hydroxyl groups is 2. The fourth-order valence-corrected chi connectivity index (χ4v) is 2.13. The van der Waals surface area contributed by atoms with Crippen LogP contribution in [0.4, 0.5) is 5.82 Å². The molecule has 0 spiro atoms. The lowest BCUT2D eigenvalue weighted by Gasteiger charge is -2.16. The van der Waals surface area contributed by atoms with Crippen LogP contribution in [-0.2, 0) is 7.05 Å². The summed E-state index contributed by atoms with van der Waals surface area (Å²) in [5, 5.41) is 22.1. The first kappa shape index (κ1) is 14.8. The molecule has 0 atom stereocenters. The second kappa shape index (κ2) is 6.21. The highest BCUT2D eigenvalue weighted by molar-refractivity contribution is 7.98. The van der Waals surface area contributed by atoms with E-state index >= 15 is 0 Å². The van der Waals surface area contributed by atoms with Crippen LogP contribution >= 0.6 is 11.8 Å². The Morgan fingerprint density at radius 2 is 2.10 bits per heavy atom. The highest BCUT2D eigenvalue weighted by Crippen LogP contribution is 2.21. The van der Waals surface area contributed by atoms with Gasteiger partial charge in [0.2, 0.25) is 0 Å². The topological polar surface area (TPSA) is 100 Å². The van der Waals surface area contributed by atoms with Crippen molar-refractivity contribution in [3.63, 3.8) is 0 Å². The maximum Gasteiger partial charge on any atom is 0.263 e. The smallest absolute Gasteiger partial charge is 0.263 e. The number of aliphatic hydroxyl groups excluding tert-OH is 2. The molecule has 0 aromatic carbocycles. The van der Waals surface area contributed by atoms with Crippen molar-refractivity contribution < 1.29 is 10.2 Å². The van der Waals surface area contributed by atoms with E-state index in [1.54, 1.807) is 19.3 Å². The summed E-state index contributed by atoms with van der Waals surface area (Å²) >= 11 is 1.35. The number of hydrogen-bond acceptors (Lipinski definition) is 7. The van der Waals surface area contributed by atoms with Gasteiger partial charge in [0, 0.05) is 13.2 Å². The van der Waals surface area contributed by atoms with Crippen molar-refractivity contribution in [3.8, 4) is 0 Å². The molecule has 0 bridgehead atoms. The van der Waals surface area contributed by atoms with Crippen molar-refractivity contribution in [2.75, 3.05) is 24.8 Å². The molecule has 0 saturated heterocycles. The number of hydrogen-bond donors (Lipinski definition) is 3. The summed E-state index contributed by atoms with van der Waals surface area (Å²) in [6.07, 6.45) is 3.47. The quantitative estimate of drug-likeness (QED) is 0.519. The monoisotopic (exact) mass is 296 g/mol. The maximum atomic E-state index is 12.2. The van der Waals surface area contributed by atoms with Crippen molar-refractivity contribution in [1.29, 1.82) is 0 Å². The number of anilines is 1. The number of nitrogens with zero attached hydrogens (tertiary/aromatic N) is 3. The Balaban J connectivity index is 2.65. The average molecular weight is 296 g/mol. The lowest BCUT2D eigenvalue weighted by atomic mass is 10.2. The van der Waals surface area contributed by atoms with Crippen LogP contribution in [0.25, 0.3) is 10.9 Å². The first-order chi connectivity index (χ1) is 9.60. The number of aryl methyl sites for hydroxylation is 1. The third-order valence-electron chi connectivity index (χ3n) is 2.87. The van der Waals surface area contributed by atoms with E-state index in [0.29, 0.717) is 21.9 Å². The number of pyridine rings is 1. The first-order valence-electron chi connectivity index (χ1n) is 6.00. The molecule has 0 aliphatic carbocycles. The summed E-state index contributed by atoms with van der Waals surface area (Å²) in [7, 11) is 1.64. The normalized spacial score (nSPS) is 11.2. The molecule has 7 nitrogen and oxygen atoms in total. The van der Waals surface area contributed by atoms with Crippen LogP contribution in [0, 0.1) is 0 Å². The van der Waals surface area contributed by atoms with Gasteiger partial charge < -0.3 is 20.1 Å². The van der Waals surface area contributed by atoms with Crippen LogP contribution in [0.3, 0.4) is 0 Å². The number of fused-ring (bicyclic) bond motifs is 1. The Hall–Kier alpha value is -1.64. The third-order valence-corrected chi connectivity index (χ3v) is 3.42. The summed E-state index contributed by atoms with van der Waals surface area (Å²) in [5.74, 6) is 0.327. The third kappa shape index (κ3) is 2.77. The fraction of sp³-hybridized carbons (Fsp3) is 0.417. The van der Waals surface area contributed by atoms with E-state index in [2.05, 4.69) is 15.3 Å². The van der Waals surface area contributed by atoms with E-state index < -0.39 is 6.04 Å². The second-order valence-electron chi connectivity index (χ2n) is 4.26. The van der Waals surface area contributed by atoms with E-state index in [4.69, 9.17) is 10.2 Å². The average Bonchev–Trinajstić information content (AvgIpc) is 2.47. The molecule has 0 aliphatic rings. The van der Waals surface area contributed by atoms with Gasteiger partial charge in [0.1, 0.15) is 11.2 Å². The fourth-order valence-electron chi connectivity index (χ4n) is 1.75.